The summed E-state index contributed by atoms with van der Waals surface area (Å²) in [6.07, 6.45) is 2.12. The van der Waals surface area contributed by atoms with Crippen molar-refractivity contribution in [3.8, 4) is 0 Å². The highest BCUT2D eigenvalue weighted by Crippen LogP contribution is 2.41. The van der Waals surface area contributed by atoms with E-state index in [2.05, 4.69) is 48.7 Å². The smallest absolute Gasteiger partial charge is 0.234 e. The third-order valence-electron chi connectivity index (χ3n) is 3.80. The third-order valence-corrected chi connectivity index (χ3v) is 3.80. The molecule has 1 aromatic rings. The predicted octanol–water partition coefficient (Wildman–Crippen LogP) is 2.56. The molecule has 0 fully saturated rings. The van der Waals surface area contributed by atoms with E-state index in [0.29, 0.717) is 6.54 Å². The van der Waals surface area contributed by atoms with Crippen LogP contribution in [0.15, 0.2) is 24.3 Å². The minimum absolute atomic E-state index is 0. The Balaban J connectivity index is 0.00000180. The van der Waals surface area contributed by atoms with E-state index in [0.717, 1.165) is 12.8 Å². The van der Waals surface area contributed by atoms with Crippen molar-refractivity contribution in [3.05, 3.63) is 35.4 Å². The van der Waals surface area contributed by atoms with E-state index >= 15 is 0 Å². The SMILES string of the molecule is CNCC(=O)NC1CCC(C)(C)c2ccccc21.Cl. The number of amides is 1. The van der Waals surface area contributed by atoms with Crippen molar-refractivity contribution in [1.29, 1.82) is 0 Å². The number of hydrogen-bond donors (Lipinski definition) is 2. The molecule has 2 N–H and O–H groups in total. The standard InChI is InChI=1S/C15H22N2O.ClH/c1-15(2)9-8-13(17-14(18)10-16-3)11-6-4-5-7-12(11)15;/h4-7,13,16H,8-10H2,1-3H3,(H,17,18);1H. The van der Waals surface area contributed by atoms with Gasteiger partial charge in [0.1, 0.15) is 0 Å². The Hall–Kier alpha value is -1.06. The second-order valence-corrected chi connectivity index (χ2v) is 5.66. The fourth-order valence-corrected chi connectivity index (χ4v) is 2.77. The molecular formula is C15H23ClN2O. The van der Waals surface area contributed by atoms with Gasteiger partial charge in [-0.1, -0.05) is 38.1 Å². The maximum absolute atomic E-state index is 11.7. The van der Waals surface area contributed by atoms with E-state index in [9.17, 15) is 4.79 Å². The molecule has 1 aliphatic rings. The highest BCUT2D eigenvalue weighted by molar-refractivity contribution is 5.85. The summed E-state index contributed by atoms with van der Waals surface area (Å²) in [5.74, 6) is 0.0667. The second-order valence-electron chi connectivity index (χ2n) is 5.66. The van der Waals surface area contributed by atoms with Crippen molar-refractivity contribution in [1.82, 2.24) is 10.6 Å². The van der Waals surface area contributed by atoms with Gasteiger partial charge in [0.25, 0.3) is 0 Å². The van der Waals surface area contributed by atoms with Crippen molar-refractivity contribution in [2.24, 2.45) is 0 Å². The maximum Gasteiger partial charge on any atom is 0.234 e. The molecule has 1 amide bonds. The molecular weight excluding hydrogens is 260 g/mol. The molecule has 0 spiro atoms. The first-order chi connectivity index (χ1) is 8.54. The summed E-state index contributed by atoms with van der Waals surface area (Å²) < 4.78 is 0. The van der Waals surface area contributed by atoms with Gasteiger partial charge < -0.3 is 10.6 Å². The quantitative estimate of drug-likeness (QED) is 0.895. The number of carbonyl (C=O) groups is 1. The summed E-state index contributed by atoms with van der Waals surface area (Å²) in [5, 5.41) is 6.00. The van der Waals surface area contributed by atoms with E-state index in [4.69, 9.17) is 0 Å². The average Bonchev–Trinajstić information content (AvgIpc) is 2.34. The van der Waals surface area contributed by atoms with E-state index in [1.54, 1.807) is 7.05 Å². The lowest BCUT2D eigenvalue weighted by Gasteiger charge is -2.37. The molecule has 1 aliphatic carbocycles. The molecule has 106 valence electrons. The van der Waals surface area contributed by atoms with Gasteiger partial charge in [0, 0.05) is 0 Å². The molecule has 1 unspecified atom stereocenters. The van der Waals surface area contributed by atoms with Crippen LogP contribution >= 0.6 is 12.4 Å². The van der Waals surface area contributed by atoms with Crippen LogP contribution in [0, 0.1) is 0 Å². The van der Waals surface area contributed by atoms with Gasteiger partial charge in [-0.2, -0.15) is 0 Å². The van der Waals surface area contributed by atoms with Gasteiger partial charge in [-0.05, 0) is 36.4 Å². The number of benzene rings is 1. The molecule has 2 rings (SSSR count). The van der Waals surface area contributed by atoms with Gasteiger partial charge in [-0.25, -0.2) is 0 Å². The average molecular weight is 283 g/mol. The highest BCUT2D eigenvalue weighted by Gasteiger charge is 2.32. The number of halogens is 1. The van der Waals surface area contributed by atoms with Crippen LogP contribution in [0.5, 0.6) is 0 Å². The molecule has 0 aliphatic heterocycles. The van der Waals surface area contributed by atoms with Gasteiger partial charge in [0.2, 0.25) is 5.91 Å². The second kappa shape index (κ2) is 6.40. The summed E-state index contributed by atoms with van der Waals surface area (Å²) in [7, 11) is 1.79. The molecule has 4 heteroatoms. The summed E-state index contributed by atoms with van der Waals surface area (Å²) in [6, 6.07) is 8.62. The zero-order valence-corrected chi connectivity index (χ0v) is 12.6. The first-order valence-electron chi connectivity index (χ1n) is 6.58. The topological polar surface area (TPSA) is 41.1 Å². The monoisotopic (exact) mass is 282 g/mol. The molecule has 0 aromatic heterocycles. The largest absolute Gasteiger partial charge is 0.348 e. The van der Waals surface area contributed by atoms with Crippen LogP contribution in [0.3, 0.4) is 0 Å². The van der Waals surface area contributed by atoms with E-state index in [1.165, 1.54) is 11.1 Å². The number of likely N-dealkylation sites (N-methyl/N-ethyl adjacent to an activating group) is 1. The van der Waals surface area contributed by atoms with Crippen molar-refractivity contribution < 1.29 is 4.79 Å². The van der Waals surface area contributed by atoms with Crippen LogP contribution in [0.2, 0.25) is 0 Å². The fourth-order valence-electron chi connectivity index (χ4n) is 2.77. The minimum Gasteiger partial charge on any atom is -0.348 e. The van der Waals surface area contributed by atoms with Crippen LogP contribution in [0.1, 0.15) is 43.9 Å². The van der Waals surface area contributed by atoms with Crippen LogP contribution in [0.4, 0.5) is 0 Å². The molecule has 0 saturated heterocycles. The van der Waals surface area contributed by atoms with E-state index < -0.39 is 0 Å². The Morgan fingerprint density at radius 3 is 2.74 bits per heavy atom. The lowest BCUT2D eigenvalue weighted by Crippen LogP contribution is -2.39. The van der Waals surface area contributed by atoms with E-state index in [-0.39, 0.29) is 29.8 Å². The molecule has 0 bridgehead atoms. The lowest BCUT2D eigenvalue weighted by molar-refractivity contribution is -0.121. The molecule has 0 saturated carbocycles. The summed E-state index contributed by atoms with van der Waals surface area (Å²) in [6.45, 7) is 4.93. The summed E-state index contributed by atoms with van der Waals surface area (Å²) in [5.41, 5.74) is 2.85. The molecule has 19 heavy (non-hydrogen) atoms. The Morgan fingerprint density at radius 1 is 1.37 bits per heavy atom. The van der Waals surface area contributed by atoms with Crippen LogP contribution in [-0.4, -0.2) is 19.5 Å². The highest BCUT2D eigenvalue weighted by atomic mass is 35.5. The fraction of sp³-hybridized carbons (Fsp3) is 0.533. The van der Waals surface area contributed by atoms with Crippen molar-refractivity contribution in [2.45, 2.75) is 38.1 Å². The van der Waals surface area contributed by atoms with Crippen molar-refractivity contribution in [3.63, 3.8) is 0 Å². The number of rotatable bonds is 3. The zero-order valence-electron chi connectivity index (χ0n) is 11.8. The molecule has 0 heterocycles. The van der Waals surface area contributed by atoms with Gasteiger partial charge >= 0.3 is 0 Å². The van der Waals surface area contributed by atoms with E-state index in [1.807, 2.05) is 0 Å². The number of fused-ring (bicyclic) bond motifs is 1. The Morgan fingerprint density at radius 2 is 2.05 bits per heavy atom. The van der Waals surface area contributed by atoms with Crippen LogP contribution in [-0.2, 0) is 10.2 Å². The molecule has 3 nitrogen and oxygen atoms in total. The van der Waals surface area contributed by atoms with Gasteiger partial charge in [-0.15, -0.1) is 12.4 Å². The first-order valence-corrected chi connectivity index (χ1v) is 6.58. The van der Waals surface area contributed by atoms with Gasteiger partial charge in [0.15, 0.2) is 0 Å². The predicted molar refractivity (Wildman–Crippen MR) is 80.8 cm³/mol. The molecule has 1 atom stereocenters. The van der Waals surface area contributed by atoms with Crippen LogP contribution < -0.4 is 10.6 Å². The summed E-state index contributed by atoms with van der Waals surface area (Å²) in [4.78, 5) is 11.7. The first kappa shape index (κ1) is 16.0. The number of hydrogen-bond acceptors (Lipinski definition) is 2. The normalized spacial score (nSPS) is 20.1. The minimum atomic E-state index is 0. The van der Waals surface area contributed by atoms with Gasteiger partial charge in [-0.3, -0.25) is 4.79 Å². The maximum atomic E-state index is 11.7. The molecule has 1 aromatic carbocycles. The Bertz CT molecular complexity index is 446. The lowest BCUT2D eigenvalue weighted by atomic mass is 9.71. The third kappa shape index (κ3) is 3.48. The van der Waals surface area contributed by atoms with Crippen LogP contribution in [0.25, 0.3) is 0 Å². The molecule has 0 radical (unpaired) electrons. The van der Waals surface area contributed by atoms with Crippen molar-refractivity contribution in [2.75, 3.05) is 13.6 Å². The Labute approximate surface area is 121 Å². The number of carbonyl (C=O) groups excluding carboxylic acids is 1. The van der Waals surface area contributed by atoms with Crippen molar-refractivity contribution >= 4 is 18.3 Å². The zero-order chi connectivity index (χ0) is 13.2. The summed E-state index contributed by atoms with van der Waals surface area (Å²) >= 11 is 0. The number of nitrogens with one attached hydrogen (secondary N) is 2. The Kier molecular flexibility index (Phi) is 5.39. The van der Waals surface area contributed by atoms with Gasteiger partial charge in [0.05, 0.1) is 12.6 Å².